The van der Waals surface area contributed by atoms with Gasteiger partial charge < -0.3 is 24.5 Å². The normalized spacial score (nSPS) is 30.6. The number of carbonyl (C=O) groups excluding carboxylic acids is 3. The van der Waals surface area contributed by atoms with Crippen molar-refractivity contribution in [2.24, 2.45) is 0 Å². The van der Waals surface area contributed by atoms with E-state index >= 15 is 0 Å². The summed E-state index contributed by atoms with van der Waals surface area (Å²) in [6.07, 6.45) is 2.75. The fourth-order valence-corrected chi connectivity index (χ4v) is 5.28. The van der Waals surface area contributed by atoms with Crippen LogP contribution in [-0.4, -0.2) is 60.7 Å². The minimum atomic E-state index is -3.20. The zero-order chi connectivity index (χ0) is 23.2. The quantitative estimate of drug-likeness (QED) is 0.596. The first-order valence-corrected chi connectivity index (χ1v) is 10.2. The predicted molar refractivity (Wildman–Crippen MR) is 108 cm³/mol. The Morgan fingerprint density at radius 2 is 1.77 bits per heavy atom. The third-order valence-corrected chi connectivity index (χ3v) is 6.90. The molecular formula is C21H21FO8S. The van der Waals surface area contributed by atoms with E-state index in [0.29, 0.717) is 22.9 Å². The molecule has 1 fully saturated rings. The number of Topliss-reactive ketones (excluding diaryl/α,β-unsaturated/α-hetero) is 3. The van der Waals surface area contributed by atoms with Crippen molar-refractivity contribution in [1.29, 1.82) is 0 Å². The molecule has 1 aliphatic heterocycles. The van der Waals surface area contributed by atoms with Gasteiger partial charge in [0.15, 0.2) is 34.0 Å². The second kappa shape index (κ2) is 7.86. The van der Waals surface area contributed by atoms with Crippen LogP contribution in [0, 0.1) is 5.82 Å². The van der Waals surface area contributed by atoms with Crippen molar-refractivity contribution in [3.05, 3.63) is 42.6 Å². The highest BCUT2D eigenvalue weighted by Gasteiger charge is 2.75. The maximum Gasteiger partial charge on any atom is 0.208 e. The number of ether oxygens (including phenoxy) is 1. The number of rotatable bonds is 6. The summed E-state index contributed by atoms with van der Waals surface area (Å²) in [5.74, 6) is -4.70. The molecule has 1 aromatic heterocycles. The number of aliphatic hydroxyl groups is 3. The number of furan rings is 1. The summed E-state index contributed by atoms with van der Waals surface area (Å²) in [6.45, 7) is 2.66. The average molecular weight is 452 g/mol. The molecule has 0 radical (unpaired) electrons. The number of thioether (sulfide) groups is 1. The molecule has 10 heteroatoms. The van der Waals surface area contributed by atoms with Gasteiger partial charge in [-0.25, -0.2) is 4.39 Å². The molecule has 166 valence electrons. The van der Waals surface area contributed by atoms with Gasteiger partial charge >= 0.3 is 0 Å². The Balaban J connectivity index is 2.16. The Labute approximate surface area is 181 Å². The van der Waals surface area contributed by atoms with Gasteiger partial charge in [-0.15, -0.1) is 11.8 Å². The highest BCUT2D eigenvalue weighted by Crippen LogP contribution is 2.49. The van der Waals surface area contributed by atoms with Crippen molar-refractivity contribution in [1.82, 2.24) is 0 Å². The fraction of sp³-hybridized carbons (Fsp3) is 0.381. The lowest BCUT2D eigenvalue weighted by Crippen LogP contribution is -2.82. The van der Waals surface area contributed by atoms with E-state index < -0.39 is 51.2 Å². The second-order valence-corrected chi connectivity index (χ2v) is 8.47. The van der Waals surface area contributed by atoms with Crippen molar-refractivity contribution in [3.63, 3.8) is 0 Å². The lowest BCUT2D eigenvalue weighted by Gasteiger charge is -2.54. The molecule has 1 aliphatic rings. The molecule has 0 spiro atoms. The minimum Gasteiger partial charge on any atom is -0.475 e. The third-order valence-electron chi connectivity index (χ3n) is 5.57. The number of hydrogen-bond donors (Lipinski definition) is 3. The standard InChI is InChI=1S/C21H21FO8S/c1-11(23)19(26)10-31-18(20(27,12(2)24)21(19,28)13(3)25)30-17-8-15(22)4-5-16(17)14-6-7-29-9-14/h4-9,18,26-28H,10H2,1-3H3/t18-,19-,20-,21-/m0/s1. The minimum absolute atomic E-state index is 0.113. The topological polar surface area (TPSA) is 134 Å². The lowest BCUT2D eigenvalue weighted by molar-refractivity contribution is -0.235. The first-order valence-electron chi connectivity index (χ1n) is 9.20. The molecule has 0 aliphatic carbocycles. The van der Waals surface area contributed by atoms with Gasteiger partial charge in [-0.2, -0.15) is 0 Å². The van der Waals surface area contributed by atoms with E-state index in [1.54, 1.807) is 6.07 Å². The molecule has 0 saturated carbocycles. The summed E-state index contributed by atoms with van der Waals surface area (Å²) in [7, 11) is 0. The highest BCUT2D eigenvalue weighted by atomic mass is 32.2. The number of benzene rings is 1. The Morgan fingerprint density at radius 3 is 2.29 bits per heavy atom. The van der Waals surface area contributed by atoms with E-state index in [-0.39, 0.29) is 5.75 Å². The van der Waals surface area contributed by atoms with Crippen molar-refractivity contribution >= 4 is 29.1 Å². The van der Waals surface area contributed by atoms with Gasteiger partial charge in [0.2, 0.25) is 5.60 Å². The Hall–Kier alpha value is -2.53. The van der Waals surface area contributed by atoms with Crippen LogP contribution in [0.5, 0.6) is 5.75 Å². The average Bonchev–Trinajstić information content (AvgIpc) is 3.22. The van der Waals surface area contributed by atoms with Crippen LogP contribution in [-0.2, 0) is 14.4 Å². The fourth-order valence-electron chi connectivity index (χ4n) is 3.73. The van der Waals surface area contributed by atoms with Crippen LogP contribution in [0.15, 0.2) is 41.2 Å². The Kier molecular flexibility index (Phi) is 5.87. The van der Waals surface area contributed by atoms with Gasteiger partial charge in [0.25, 0.3) is 0 Å². The molecule has 31 heavy (non-hydrogen) atoms. The maximum atomic E-state index is 14.0. The van der Waals surface area contributed by atoms with E-state index in [1.165, 1.54) is 24.7 Å². The molecule has 0 bridgehead atoms. The summed E-state index contributed by atoms with van der Waals surface area (Å²) in [6, 6.07) is 5.13. The first-order chi connectivity index (χ1) is 14.4. The van der Waals surface area contributed by atoms with Crippen molar-refractivity contribution in [2.75, 3.05) is 5.75 Å². The summed E-state index contributed by atoms with van der Waals surface area (Å²) in [4.78, 5) is 37.2. The first kappa shape index (κ1) is 23.1. The maximum absolute atomic E-state index is 14.0. The molecule has 2 aromatic rings. The number of hydrogen-bond acceptors (Lipinski definition) is 9. The summed E-state index contributed by atoms with van der Waals surface area (Å²) >= 11 is 0.638. The lowest BCUT2D eigenvalue weighted by atomic mass is 9.65. The van der Waals surface area contributed by atoms with Crippen molar-refractivity contribution in [3.8, 4) is 16.9 Å². The van der Waals surface area contributed by atoms with Crippen LogP contribution in [0.3, 0.4) is 0 Å². The number of halogens is 1. The van der Waals surface area contributed by atoms with Crippen LogP contribution in [0.25, 0.3) is 11.1 Å². The second-order valence-electron chi connectivity index (χ2n) is 7.42. The van der Waals surface area contributed by atoms with E-state index in [9.17, 15) is 34.1 Å². The molecule has 3 rings (SSSR count). The molecule has 0 unspecified atom stereocenters. The molecule has 2 heterocycles. The molecule has 3 N–H and O–H groups in total. The van der Waals surface area contributed by atoms with Crippen LogP contribution in [0.1, 0.15) is 20.8 Å². The molecule has 0 amide bonds. The highest BCUT2D eigenvalue weighted by molar-refractivity contribution is 8.00. The number of ketones is 3. The summed E-state index contributed by atoms with van der Waals surface area (Å²) < 4.78 is 24.8. The predicted octanol–water partition coefficient (Wildman–Crippen LogP) is 1.50. The van der Waals surface area contributed by atoms with Gasteiger partial charge in [-0.3, -0.25) is 14.4 Å². The van der Waals surface area contributed by atoms with Crippen LogP contribution < -0.4 is 4.74 Å². The zero-order valence-corrected chi connectivity index (χ0v) is 17.7. The van der Waals surface area contributed by atoms with Gasteiger partial charge in [0.05, 0.1) is 12.5 Å². The van der Waals surface area contributed by atoms with Crippen LogP contribution in [0.4, 0.5) is 4.39 Å². The van der Waals surface area contributed by atoms with Crippen LogP contribution in [0.2, 0.25) is 0 Å². The molecule has 4 atom stereocenters. The monoisotopic (exact) mass is 452 g/mol. The molecule has 8 nitrogen and oxygen atoms in total. The van der Waals surface area contributed by atoms with E-state index in [0.717, 1.165) is 26.8 Å². The Morgan fingerprint density at radius 1 is 1.10 bits per heavy atom. The molecule has 1 saturated heterocycles. The van der Waals surface area contributed by atoms with Crippen molar-refractivity contribution in [2.45, 2.75) is 43.0 Å². The van der Waals surface area contributed by atoms with E-state index in [2.05, 4.69) is 0 Å². The zero-order valence-electron chi connectivity index (χ0n) is 16.9. The van der Waals surface area contributed by atoms with Gasteiger partial charge in [0.1, 0.15) is 11.6 Å². The van der Waals surface area contributed by atoms with Crippen molar-refractivity contribution < 1.29 is 43.2 Å². The van der Waals surface area contributed by atoms with Gasteiger partial charge in [-0.05, 0) is 39.0 Å². The Bertz CT molecular complexity index is 1040. The third kappa shape index (κ3) is 3.30. The molecular weight excluding hydrogens is 431 g/mol. The SMILES string of the molecule is CC(=O)[C@]1(O)[C@@](O)(C(C)=O)CS[C@H](Oc2cc(F)ccc2-c2ccoc2)[C@@]1(O)C(C)=O. The van der Waals surface area contributed by atoms with Gasteiger partial charge in [-0.1, -0.05) is 0 Å². The van der Waals surface area contributed by atoms with Gasteiger partial charge in [0, 0.05) is 22.9 Å². The van der Waals surface area contributed by atoms with Crippen LogP contribution >= 0.6 is 11.8 Å². The largest absolute Gasteiger partial charge is 0.475 e. The molecule has 1 aromatic carbocycles. The number of carbonyl (C=O) groups is 3. The summed E-state index contributed by atoms with van der Waals surface area (Å²) in [5.41, 5.74) is -9.78. The smallest absolute Gasteiger partial charge is 0.208 e. The summed E-state index contributed by atoms with van der Waals surface area (Å²) in [5, 5.41) is 33.4. The van der Waals surface area contributed by atoms with E-state index in [1.807, 2.05) is 0 Å². The van der Waals surface area contributed by atoms with E-state index in [4.69, 9.17) is 9.15 Å².